The smallest absolute Gasteiger partial charge is 0.255 e. The van der Waals surface area contributed by atoms with E-state index in [0.717, 1.165) is 25.1 Å². The van der Waals surface area contributed by atoms with Crippen LogP contribution in [-0.2, 0) is 0 Å². The summed E-state index contributed by atoms with van der Waals surface area (Å²) in [5.74, 6) is 0.421. The highest BCUT2D eigenvalue weighted by molar-refractivity contribution is 6.34. The minimum atomic E-state index is 0.0202. The zero-order valence-electron chi connectivity index (χ0n) is 10.8. The lowest BCUT2D eigenvalue weighted by Gasteiger charge is -2.19. The minimum absolute atomic E-state index is 0.0202. The van der Waals surface area contributed by atoms with Crippen molar-refractivity contribution in [3.8, 4) is 0 Å². The summed E-state index contributed by atoms with van der Waals surface area (Å²) >= 11 is 6.19. The molecule has 0 saturated carbocycles. The number of likely N-dealkylation sites (tertiary alicyclic amines) is 1. The van der Waals surface area contributed by atoms with Gasteiger partial charge >= 0.3 is 0 Å². The van der Waals surface area contributed by atoms with Crippen LogP contribution in [0.25, 0.3) is 0 Å². The third-order valence-electron chi connectivity index (χ3n) is 3.68. The van der Waals surface area contributed by atoms with Crippen LogP contribution < -0.4 is 5.73 Å². The topological polar surface area (TPSA) is 46.3 Å². The summed E-state index contributed by atoms with van der Waals surface area (Å²) < 4.78 is 0. The van der Waals surface area contributed by atoms with Crippen LogP contribution in [0.4, 0.5) is 0 Å². The number of carbonyl (C=O) groups excluding carboxylic acids is 1. The summed E-state index contributed by atoms with van der Waals surface area (Å²) in [6.45, 7) is 5.42. The van der Waals surface area contributed by atoms with Gasteiger partial charge in [0, 0.05) is 19.1 Å². The molecule has 2 unspecified atom stereocenters. The number of hydrogen-bond donors (Lipinski definition) is 1. The van der Waals surface area contributed by atoms with E-state index in [1.165, 1.54) is 0 Å². The second kappa shape index (κ2) is 5.29. The van der Waals surface area contributed by atoms with Crippen LogP contribution in [0.3, 0.4) is 0 Å². The van der Waals surface area contributed by atoms with Crippen LogP contribution in [0.5, 0.6) is 0 Å². The molecular weight excluding hydrogens is 248 g/mol. The maximum Gasteiger partial charge on any atom is 0.255 e. The molecule has 4 heteroatoms. The molecule has 0 radical (unpaired) electrons. The average Bonchev–Trinajstić information content (AvgIpc) is 2.81. The molecule has 1 aliphatic heterocycles. The molecule has 1 aliphatic rings. The first kappa shape index (κ1) is 13.4. The SMILES string of the molecule is Cc1cccc(C(=O)N2CCC(C(C)N)C2)c1Cl. The maximum atomic E-state index is 12.4. The van der Waals surface area contributed by atoms with Gasteiger partial charge in [0.1, 0.15) is 0 Å². The van der Waals surface area contributed by atoms with Crippen molar-refractivity contribution >= 4 is 17.5 Å². The van der Waals surface area contributed by atoms with Gasteiger partial charge in [-0.15, -0.1) is 0 Å². The van der Waals surface area contributed by atoms with E-state index in [4.69, 9.17) is 17.3 Å². The third kappa shape index (κ3) is 2.52. The van der Waals surface area contributed by atoms with E-state index in [2.05, 4.69) is 0 Å². The van der Waals surface area contributed by atoms with Crippen molar-refractivity contribution in [2.75, 3.05) is 13.1 Å². The second-order valence-corrected chi connectivity index (χ2v) is 5.47. The lowest BCUT2D eigenvalue weighted by atomic mass is 10.0. The standard InChI is InChI=1S/C14H19ClN2O/c1-9-4-3-5-12(13(9)15)14(18)17-7-6-11(8-17)10(2)16/h3-5,10-11H,6-8,16H2,1-2H3. The average molecular weight is 267 g/mol. The molecule has 2 atom stereocenters. The Hall–Kier alpha value is -1.06. The number of amides is 1. The molecule has 18 heavy (non-hydrogen) atoms. The minimum Gasteiger partial charge on any atom is -0.338 e. The van der Waals surface area contributed by atoms with Crippen molar-refractivity contribution in [1.82, 2.24) is 4.90 Å². The van der Waals surface area contributed by atoms with E-state index in [1.54, 1.807) is 6.07 Å². The van der Waals surface area contributed by atoms with Gasteiger partial charge in [0.15, 0.2) is 0 Å². The highest BCUT2D eigenvalue weighted by atomic mass is 35.5. The normalized spacial score (nSPS) is 21.1. The first-order valence-corrected chi connectivity index (χ1v) is 6.68. The largest absolute Gasteiger partial charge is 0.338 e. The molecular formula is C14H19ClN2O. The summed E-state index contributed by atoms with van der Waals surface area (Å²) in [4.78, 5) is 14.2. The zero-order valence-corrected chi connectivity index (χ0v) is 11.6. The summed E-state index contributed by atoms with van der Waals surface area (Å²) in [7, 11) is 0. The van der Waals surface area contributed by atoms with Crippen LogP contribution in [0.2, 0.25) is 5.02 Å². The van der Waals surface area contributed by atoms with E-state index >= 15 is 0 Å². The van der Waals surface area contributed by atoms with E-state index < -0.39 is 0 Å². The maximum absolute atomic E-state index is 12.4. The van der Waals surface area contributed by atoms with Gasteiger partial charge in [-0.25, -0.2) is 0 Å². The van der Waals surface area contributed by atoms with Crippen molar-refractivity contribution in [2.24, 2.45) is 11.7 Å². The van der Waals surface area contributed by atoms with Crippen molar-refractivity contribution in [1.29, 1.82) is 0 Å². The summed E-state index contributed by atoms with van der Waals surface area (Å²) in [6.07, 6.45) is 0.979. The quantitative estimate of drug-likeness (QED) is 0.894. The van der Waals surface area contributed by atoms with Crippen LogP contribution in [0, 0.1) is 12.8 Å². The number of carbonyl (C=O) groups is 1. The number of halogens is 1. The van der Waals surface area contributed by atoms with Crippen molar-refractivity contribution in [3.05, 3.63) is 34.3 Å². The Labute approximate surface area is 113 Å². The molecule has 2 N–H and O–H groups in total. The molecule has 2 rings (SSSR count). The Morgan fingerprint density at radius 1 is 1.56 bits per heavy atom. The fourth-order valence-corrected chi connectivity index (χ4v) is 2.59. The van der Waals surface area contributed by atoms with E-state index in [-0.39, 0.29) is 11.9 Å². The number of benzene rings is 1. The van der Waals surface area contributed by atoms with Gasteiger partial charge in [-0.05, 0) is 37.8 Å². The third-order valence-corrected chi connectivity index (χ3v) is 4.18. The predicted octanol–water partition coefficient (Wildman–Crippen LogP) is 2.46. The molecule has 0 spiro atoms. The lowest BCUT2D eigenvalue weighted by molar-refractivity contribution is 0.0786. The Morgan fingerprint density at radius 2 is 2.28 bits per heavy atom. The number of nitrogens with zero attached hydrogens (tertiary/aromatic N) is 1. The van der Waals surface area contributed by atoms with Gasteiger partial charge in [-0.3, -0.25) is 4.79 Å². The van der Waals surface area contributed by atoms with Crippen LogP contribution in [0.15, 0.2) is 18.2 Å². The van der Waals surface area contributed by atoms with E-state index in [9.17, 15) is 4.79 Å². The first-order valence-electron chi connectivity index (χ1n) is 6.30. The number of hydrogen-bond acceptors (Lipinski definition) is 2. The highest BCUT2D eigenvalue weighted by Gasteiger charge is 2.29. The van der Waals surface area contributed by atoms with Crippen molar-refractivity contribution in [2.45, 2.75) is 26.3 Å². The van der Waals surface area contributed by atoms with Crippen LogP contribution in [-0.4, -0.2) is 29.9 Å². The Kier molecular flexibility index (Phi) is 3.93. The molecule has 0 aliphatic carbocycles. The molecule has 0 aromatic heterocycles. The highest BCUT2D eigenvalue weighted by Crippen LogP contribution is 2.25. The fraction of sp³-hybridized carbons (Fsp3) is 0.500. The molecule has 0 bridgehead atoms. The van der Waals surface area contributed by atoms with Crippen LogP contribution >= 0.6 is 11.6 Å². The molecule has 1 aromatic carbocycles. The summed E-state index contributed by atoms with van der Waals surface area (Å²) in [5, 5.41) is 0.562. The van der Waals surface area contributed by atoms with Crippen molar-refractivity contribution < 1.29 is 4.79 Å². The Morgan fingerprint density at radius 3 is 2.89 bits per heavy atom. The molecule has 98 valence electrons. The van der Waals surface area contributed by atoms with Gasteiger partial charge < -0.3 is 10.6 Å². The summed E-state index contributed by atoms with van der Waals surface area (Å²) in [5.41, 5.74) is 7.42. The molecule has 1 fully saturated rings. The number of nitrogens with two attached hydrogens (primary N) is 1. The lowest BCUT2D eigenvalue weighted by Crippen LogP contribution is -2.33. The van der Waals surface area contributed by atoms with Gasteiger partial charge in [0.05, 0.1) is 10.6 Å². The molecule has 3 nitrogen and oxygen atoms in total. The molecule has 1 saturated heterocycles. The van der Waals surface area contributed by atoms with Gasteiger partial charge in [-0.2, -0.15) is 0 Å². The fourth-order valence-electron chi connectivity index (χ4n) is 2.38. The van der Waals surface area contributed by atoms with E-state index in [0.29, 0.717) is 16.5 Å². The van der Waals surface area contributed by atoms with Crippen molar-refractivity contribution in [3.63, 3.8) is 0 Å². The van der Waals surface area contributed by atoms with Gasteiger partial charge in [0.2, 0.25) is 0 Å². The second-order valence-electron chi connectivity index (χ2n) is 5.10. The molecule has 1 aromatic rings. The Balaban J connectivity index is 2.16. The summed E-state index contributed by atoms with van der Waals surface area (Å²) in [6, 6.07) is 5.70. The number of aryl methyl sites for hydroxylation is 1. The Bertz CT molecular complexity index is 459. The monoisotopic (exact) mass is 266 g/mol. The predicted molar refractivity (Wildman–Crippen MR) is 73.8 cm³/mol. The zero-order chi connectivity index (χ0) is 13.3. The molecule has 1 heterocycles. The van der Waals surface area contributed by atoms with Gasteiger partial charge in [0.25, 0.3) is 5.91 Å². The van der Waals surface area contributed by atoms with E-state index in [1.807, 2.05) is 30.9 Å². The molecule has 1 amide bonds. The first-order chi connectivity index (χ1) is 8.50. The number of rotatable bonds is 2. The van der Waals surface area contributed by atoms with Crippen LogP contribution in [0.1, 0.15) is 29.3 Å². The van der Waals surface area contributed by atoms with Gasteiger partial charge in [-0.1, -0.05) is 23.7 Å².